The second kappa shape index (κ2) is 6.48. The fourth-order valence-corrected chi connectivity index (χ4v) is 4.18. The summed E-state index contributed by atoms with van der Waals surface area (Å²) < 4.78 is 0. The standard InChI is InChI=1S/C18H21N5OS/c1-12-5-8-23(18(24)14-10-25-11-21-14)9-16(12)22(2)15-4-7-20-17-13(15)3-6-19-17/h3-4,6-7,10-12,16H,5,8-9H2,1-2H3,(H,19,20)/t12-,16+/m1/s1. The monoisotopic (exact) mass is 355 g/mol. The van der Waals surface area contributed by atoms with E-state index in [4.69, 9.17) is 0 Å². The van der Waals surface area contributed by atoms with Crippen LogP contribution in [-0.4, -0.2) is 51.9 Å². The van der Waals surface area contributed by atoms with Crippen LogP contribution in [0.1, 0.15) is 23.8 Å². The molecule has 0 aromatic carbocycles. The van der Waals surface area contributed by atoms with Gasteiger partial charge in [0.25, 0.3) is 5.91 Å². The topological polar surface area (TPSA) is 65.1 Å². The zero-order valence-electron chi connectivity index (χ0n) is 14.3. The second-order valence-electron chi connectivity index (χ2n) is 6.64. The molecule has 1 fully saturated rings. The van der Waals surface area contributed by atoms with Gasteiger partial charge in [-0.1, -0.05) is 6.92 Å². The van der Waals surface area contributed by atoms with Crippen LogP contribution in [0.2, 0.25) is 0 Å². The quantitative estimate of drug-likeness (QED) is 0.784. The number of aromatic amines is 1. The lowest BCUT2D eigenvalue weighted by Gasteiger charge is -2.42. The van der Waals surface area contributed by atoms with Crippen LogP contribution < -0.4 is 4.90 Å². The Hall–Kier alpha value is -2.41. The maximum absolute atomic E-state index is 12.7. The first-order valence-corrected chi connectivity index (χ1v) is 9.42. The normalized spacial score (nSPS) is 20.8. The minimum atomic E-state index is 0.0352. The lowest BCUT2D eigenvalue weighted by Crippen LogP contribution is -2.52. The number of pyridine rings is 1. The molecule has 1 aliphatic rings. The summed E-state index contributed by atoms with van der Waals surface area (Å²) in [6.07, 6.45) is 4.74. The number of thiazole rings is 1. The Morgan fingerprint density at radius 1 is 1.40 bits per heavy atom. The second-order valence-corrected chi connectivity index (χ2v) is 7.36. The Bertz CT molecular complexity index is 875. The summed E-state index contributed by atoms with van der Waals surface area (Å²) in [5, 5.41) is 2.94. The third-order valence-corrected chi connectivity index (χ3v) is 5.76. The first-order valence-electron chi connectivity index (χ1n) is 8.47. The van der Waals surface area contributed by atoms with Crippen LogP contribution in [0.15, 0.2) is 35.4 Å². The number of hydrogen-bond acceptors (Lipinski definition) is 5. The van der Waals surface area contributed by atoms with Gasteiger partial charge in [-0.2, -0.15) is 0 Å². The number of aromatic nitrogens is 3. The van der Waals surface area contributed by atoms with E-state index < -0.39 is 0 Å². The molecule has 7 heteroatoms. The molecule has 2 atom stereocenters. The zero-order valence-corrected chi connectivity index (χ0v) is 15.2. The summed E-state index contributed by atoms with van der Waals surface area (Å²) in [7, 11) is 2.11. The summed E-state index contributed by atoms with van der Waals surface area (Å²) in [6, 6.07) is 4.36. The number of nitrogens with zero attached hydrogens (tertiary/aromatic N) is 4. The highest BCUT2D eigenvalue weighted by Gasteiger charge is 2.33. The van der Waals surface area contributed by atoms with Crippen molar-refractivity contribution in [3.63, 3.8) is 0 Å². The van der Waals surface area contributed by atoms with Crippen molar-refractivity contribution in [1.82, 2.24) is 19.9 Å². The molecule has 6 nitrogen and oxygen atoms in total. The van der Waals surface area contributed by atoms with E-state index in [-0.39, 0.29) is 11.9 Å². The van der Waals surface area contributed by atoms with Gasteiger partial charge in [0.05, 0.1) is 5.51 Å². The molecule has 3 aromatic rings. The Morgan fingerprint density at radius 2 is 2.28 bits per heavy atom. The molecule has 4 rings (SSSR count). The predicted octanol–water partition coefficient (Wildman–Crippen LogP) is 3.01. The van der Waals surface area contributed by atoms with Crippen LogP contribution in [0.5, 0.6) is 0 Å². The number of nitrogens with one attached hydrogen (secondary N) is 1. The van der Waals surface area contributed by atoms with Crippen LogP contribution in [-0.2, 0) is 0 Å². The highest BCUT2D eigenvalue weighted by molar-refractivity contribution is 7.07. The molecule has 1 aliphatic heterocycles. The summed E-state index contributed by atoms with van der Waals surface area (Å²) in [5.74, 6) is 0.541. The Morgan fingerprint density at radius 3 is 3.08 bits per heavy atom. The molecule has 0 spiro atoms. The van der Waals surface area contributed by atoms with Gasteiger partial charge in [-0.3, -0.25) is 4.79 Å². The van der Waals surface area contributed by atoms with Crippen LogP contribution in [0.4, 0.5) is 5.69 Å². The highest BCUT2D eigenvalue weighted by atomic mass is 32.1. The summed E-state index contributed by atoms with van der Waals surface area (Å²) in [5.41, 5.74) is 4.30. The molecule has 0 aliphatic carbocycles. The van der Waals surface area contributed by atoms with Crippen molar-refractivity contribution in [3.05, 3.63) is 41.1 Å². The van der Waals surface area contributed by atoms with Gasteiger partial charge in [0.2, 0.25) is 0 Å². The molecular weight excluding hydrogens is 334 g/mol. The van der Waals surface area contributed by atoms with E-state index in [2.05, 4.69) is 39.9 Å². The minimum absolute atomic E-state index is 0.0352. The van der Waals surface area contributed by atoms with Gasteiger partial charge in [-0.15, -0.1) is 11.3 Å². The number of amides is 1. The number of H-pyrrole nitrogens is 1. The van der Waals surface area contributed by atoms with E-state index in [9.17, 15) is 4.79 Å². The first-order chi connectivity index (χ1) is 12.1. The van der Waals surface area contributed by atoms with E-state index in [0.29, 0.717) is 18.2 Å². The number of carbonyl (C=O) groups excluding carboxylic acids is 1. The summed E-state index contributed by atoms with van der Waals surface area (Å²) in [6.45, 7) is 3.77. The summed E-state index contributed by atoms with van der Waals surface area (Å²) in [4.78, 5) is 28.6. The van der Waals surface area contributed by atoms with Crippen molar-refractivity contribution in [1.29, 1.82) is 0 Å². The lowest BCUT2D eigenvalue weighted by molar-refractivity contribution is 0.0665. The van der Waals surface area contributed by atoms with E-state index >= 15 is 0 Å². The number of likely N-dealkylation sites (N-methyl/N-ethyl adjacent to an activating group) is 1. The zero-order chi connectivity index (χ0) is 17.4. The highest BCUT2D eigenvalue weighted by Crippen LogP contribution is 2.30. The number of hydrogen-bond donors (Lipinski definition) is 1. The molecule has 0 unspecified atom stereocenters. The van der Waals surface area contributed by atoms with Gasteiger partial charge in [-0.25, -0.2) is 9.97 Å². The molecule has 25 heavy (non-hydrogen) atoms. The number of anilines is 1. The largest absolute Gasteiger partial charge is 0.369 e. The number of carbonyl (C=O) groups is 1. The third-order valence-electron chi connectivity index (χ3n) is 5.17. The number of fused-ring (bicyclic) bond motifs is 1. The van der Waals surface area contributed by atoms with Crippen LogP contribution in [0.25, 0.3) is 11.0 Å². The molecule has 130 valence electrons. The molecule has 0 saturated carbocycles. The van der Waals surface area contributed by atoms with Gasteiger partial charge in [-0.05, 0) is 24.5 Å². The van der Waals surface area contributed by atoms with Crippen molar-refractivity contribution in [2.75, 3.05) is 25.0 Å². The van der Waals surface area contributed by atoms with Crippen molar-refractivity contribution in [2.45, 2.75) is 19.4 Å². The first kappa shape index (κ1) is 16.1. The van der Waals surface area contributed by atoms with Gasteiger partial charge in [0.15, 0.2) is 0 Å². The minimum Gasteiger partial charge on any atom is -0.369 e. The van der Waals surface area contributed by atoms with Crippen LogP contribution in [0, 0.1) is 5.92 Å². The van der Waals surface area contributed by atoms with E-state index in [1.54, 1.807) is 5.51 Å². The Labute approximate surface area is 150 Å². The molecule has 0 radical (unpaired) electrons. The molecular formula is C18H21N5OS. The SMILES string of the molecule is C[C@@H]1CCN(C(=O)c2cscn2)C[C@@H]1N(C)c1ccnc2[nH]ccc12. The summed E-state index contributed by atoms with van der Waals surface area (Å²) >= 11 is 1.46. The molecule has 4 heterocycles. The Kier molecular flexibility index (Phi) is 4.17. The van der Waals surface area contributed by atoms with Crippen molar-refractivity contribution < 1.29 is 4.79 Å². The molecule has 1 saturated heterocycles. The predicted molar refractivity (Wildman–Crippen MR) is 100 cm³/mol. The maximum Gasteiger partial charge on any atom is 0.273 e. The van der Waals surface area contributed by atoms with E-state index in [1.165, 1.54) is 11.3 Å². The van der Waals surface area contributed by atoms with Crippen molar-refractivity contribution in [2.24, 2.45) is 5.92 Å². The van der Waals surface area contributed by atoms with Crippen LogP contribution >= 0.6 is 11.3 Å². The fourth-order valence-electron chi connectivity index (χ4n) is 3.65. The van der Waals surface area contributed by atoms with Gasteiger partial charge >= 0.3 is 0 Å². The molecule has 1 amide bonds. The fraction of sp³-hybridized carbons (Fsp3) is 0.389. The number of rotatable bonds is 3. The molecule has 3 aromatic heterocycles. The lowest BCUT2D eigenvalue weighted by atomic mass is 9.91. The van der Waals surface area contributed by atoms with E-state index in [0.717, 1.165) is 29.7 Å². The number of likely N-dealkylation sites (tertiary alicyclic amines) is 1. The molecule has 1 N–H and O–H groups in total. The average molecular weight is 355 g/mol. The van der Waals surface area contributed by atoms with Gasteiger partial charge in [0, 0.05) is 55.0 Å². The average Bonchev–Trinajstić information content (AvgIpc) is 3.32. The maximum atomic E-state index is 12.7. The van der Waals surface area contributed by atoms with E-state index in [1.807, 2.05) is 28.7 Å². The van der Waals surface area contributed by atoms with Crippen molar-refractivity contribution in [3.8, 4) is 0 Å². The molecule has 0 bridgehead atoms. The van der Waals surface area contributed by atoms with Crippen molar-refractivity contribution >= 4 is 34.0 Å². The third kappa shape index (κ3) is 2.89. The smallest absolute Gasteiger partial charge is 0.273 e. The number of piperidine rings is 1. The van der Waals surface area contributed by atoms with Crippen LogP contribution in [0.3, 0.4) is 0 Å². The van der Waals surface area contributed by atoms with Gasteiger partial charge in [0.1, 0.15) is 11.3 Å². The Balaban J connectivity index is 1.59. The van der Waals surface area contributed by atoms with Gasteiger partial charge < -0.3 is 14.8 Å².